The number of hydrogen-bond acceptors (Lipinski definition) is 4. The number of methoxy groups -OCH3 is 1. The van der Waals surface area contributed by atoms with E-state index in [2.05, 4.69) is 50.0 Å². The van der Waals surface area contributed by atoms with Gasteiger partial charge in [0, 0.05) is 32.0 Å². The second-order valence-electron chi connectivity index (χ2n) is 7.48. The van der Waals surface area contributed by atoms with E-state index in [1.165, 1.54) is 27.9 Å². The average molecular weight is 357 g/mol. The summed E-state index contributed by atoms with van der Waals surface area (Å²) in [6.07, 6.45) is 3.23. The highest BCUT2D eigenvalue weighted by Gasteiger charge is 2.28. The Bertz CT molecular complexity index is 758. The van der Waals surface area contributed by atoms with E-state index >= 15 is 0 Å². The number of benzene rings is 1. The SMILES string of the molecule is CCC(COC)Nc1c2c(nn1C)N(c1c(C)cc(C)cc1C)CCC2. The fraction of sp³-hybridized carbons (Fsp3) is 0.571. The zero-order valence-electron chi connectivity index (χ0n) is 17.0. The van der Waals surface area contributed by atoms with E-state index in [0.717, 1.165) is 37.4 Å². The second kappa shape index (κ2) is 7.70. The molecule has 0 spiro atoms. The summed E-state index contributed by atoms with van der Waals surface area (Å²) in [5.74, 6) is 2.24. The maximum atomic E-state index is 5.36. The van der Waals surface area contributed by atoms with Crippen LogP contribution in [0.3, 0.4) is 0 Å². The number of aromatic nitrogens is 2. The summed E-state index contributed by atoms with van der Waals surface area (Å²) in [7, 11) is 3.79. The van der Waals surface area contributed by atoms with Crippen molar-refractivity contribution >= 4 is 17.3 Å². The smallest absolute Gasteiger partial charge is 0.160 e. The number of aryl methyl sites for hydroxylation is 4. The van der Waals surface area contributed by atoms with Gasteiger partial charge >= 0.3 is 0 Å². The molecule has 1 unspecified atom stereocenters. The molecular formula is C21H32N4O. The molecule has 0 saturated carbocycles. The first-order chi connectivity index (χ1) is 12.5. The van der Waals surface area contributed by atoms with Crippen molar-refractivity contribution in [3.63, 3.8) is 0 Å². The van der Waals surface area contributed by atoms with Crippen LogP contribution in [0, 0.1) is 20.8 Å². The molecule has 3 rings (SSSR count). The van der Waals surface area contributed by atoms with Crippen molar-refractivity contribution in [2.45, 2.75) is 53.0 Å². The Balaban J connectivity index is 2.01. The Morgan fingerprint density at radius 1 is 1.23 bits per heavy atom. The summed E-state index contributed by atoms with van der Waals surface area (Å²) in [6.45, 7) is 10.5. The van der Waals surface area contributed by atoms with E-state index in [-0.39, 0.29) is 0 Å². The lowest BCUT2D eigenvalue weighted by atomic mass is 10.0. The van der Waals surface area contributed by atoms with Gasteiger partial charge in [-0.2, -0.15) is 5.10 Å². The van der Waals surface area contributed by atoms with Gasteiger partial charge in [-0.1, -0.05) is 24.6 Å². The first-order valence-corrected chi connectivity index (χ1v) is 9.63. The Hall–Kier alpha value is -2.01. The molecule has 142 valence electrons. The van der Waals surface area contributed by atoms with E-state index in [1.54, 1.807) is 7.11 Å². The van der Waals surface area contributed by atoms with Crippen molar-refractivity contribution in [2.75, 3.05) is 30.5 Å². The molecule has 1 aromatic heterocycles. The van der Waals surface area contributed by atoms with E-state index in [4.69, 9.17) is 9.84 Å². The molecule has 1 aliphatic rings. The topological polar surface area (TPSA) is 42.3 Å². The number of rotatable bonds is 6. The minimum Gasteiger partial charge on any atom is -0.383 e. The van der Waals surface area contributed by atoms with Gasteiger partial charge in [-0.25, -0.2) is 0 Å². The highest BCUT2D eigenvalue weighted by atomic mass is 16.5. The third-order valence-corrected chi connectivity index (χ3v) is 5.30. The largest absolute Gasteiger partial charge is 0.383 e. The van der Waals surface area contributed by atoms with Crippen molar-refractivity contribution in [3.05, 3.63) is 34.4 Å². The maximum absolute atomic E-state index is 5.36. The van der Waals surface area contributed by atoms with Crippen LogP contribution >= 0.6 is 0 Å². The van der Waals surface area contributed by atoms with E-state index < -0.39 is 0 Å². The lowest BCUT2D eigenvalue weighted by Crippen LogP contribution is -2.28. The summed E-state index contributed by atoms with van der Waals surface area (Å²) in [5, 5.41) is 8.57. The van der Waals surface area contributed by atoms with E-state index in [0.29, 0.717) is 12.6 Å². The third kappa shape index (κ3) is 3.45. The zero-order chi connectivity index (χ0) is 18.8. The molecule has 1 atom stereocenters. The lowest BCUT2D eigenvalue weighted by molar-refractivity contribution is 0.184. The first-order valence-electron chi connectivity index (χ1n) is 9.63. The van der Waals surface area contributed by atoms with Gasteiger partial charge in [-0.05, 0) is 51.2 Å². The van der Waals surface area contributed by atoms with Crippen molar-refractivity contribution in [2.24, 2.45) is 7.05 Å². The summed E-state index contributed by atoms with van der Waals surface area (Å²) in [5.41, 5.74) is 6.59. The molecule has 0 saturated heterocycles. The number of nitrogens with one attached hydrogen (secondary N) is 1. The Labute approximate surface area is 157 Å². The fourth-order valence-electron chi connectivity index (χ4n) is 4.17. The molecule has 0 fully saturated rings. The lowest BCUT2D eigenvalue weighted by Gasteiger charge is -2.31. The summed E-state index contributed by atoms with van der Waals surface area (Å²) >= 11 is 0. The summed E-state index contributed by atoms with van der Waals surface area (Å²) < 4.78 is 7.36. The summed E-state index contributed by atoms with van der Waals surface area (Å²) in [4.78, 5) is 2.41. The molecule has 26 heavy (non-hydrogen) atoms. The van der Waals surface area contributed by atoms with Crippen molar-refractivity contribution in [1.29, 1.82) is 0 Å². The molecule has 1 aliphatic heterocycles. The molecule has 0 radical (unpaired) electrons. The van der Waals surface area contributed by atoms with Crippen LogP contribution in [-0.4, -0.2) is 36.1 Å². The molecule has 1 N–H and O–H groups in total. The first kappa shape index (κ1) is 18.8. The number of fused-ring (bicyclic) bond motifs is 1. The number of ether oxygens (including phenoxy) is 1. The maximum Gasteiger partial charge on any atom is 0.160 e. The molecule has 0 aliphatic carbocycles. The third-order valence-electron chi connectivity index (χ3n) is 5.30. The zero-order valence-corrected chi connectivity index (χ0v) is 17.0. The van der Waals surface area contributed by atoms with Gasteiger partial charge < -0.3 is 15.0 Å². The van der Waals surface area contributed by atoms with Crippen LogP contribution in [-0.2, 0) is 18.2 Å². The molecule has 2 heterocycles. The predicted octanol–water partition coefficient (Wildman–Crippen LogP) is 4.27. The van der Waals surface area contributed by atoms with Crippen LogP contribution in [0.25, 0.3) is 0 Å². The normalized spacial score (nSPS) is 15.1. The van der Waals surface area contributed by atoms with Gasteiger partial charge in [-0.15, -0.1) is 0 Å². The molecule has 2 aromatic rings. The van der Waals surface area contributed by atoms with Gasteiger partial charge in [0.15, 0.2) is 5.82 Å². The van der Waals surface area contributed by atoms with Crippen LogP contribution in [0.5, 0.6) is 0 Å². The molecule has 5 heteroatoms. The minimum absolute atomic E-state index is 0.303. The highest BCUT2D eigenvalue weighted by Crippen LogP contribution is 2.39. The van der Waals surface area contributed by atoms with Gasteiger partial charge in [0.2, 0.25) is 0 Å². The Morgan fingerprint density at radius 2 is 1.92 bits per heavy atom. The van der Waals surface area contributed by atoms with Crippen LogP contribution in [0.1, 0.15) is 42.0 Å². The summed E-state index contributed by atoms with van der Waals surface area (Å²) in [6, 6.07) is 4.84. The molecular weight excluding hydrogens is 324 g/mol. The van der Waals surface area contributed by atoms with Gasteiger partial charge in [0.1, 0.15) is 5.82 Å². The van der Waals surface area contributed by atoms with E-state index in [9.17, 15) is 0 Å². The van der Waals surface area contributed by atoms with Crippen LogP contribution in [0.2, 0.25) is 0 Å². The Morgan fingerprint density at radius 3 is 2.54 bits per heavy atom. The fourth-order valence-corrected chi connectivity index (χ4v) is 4.17. The molecule has 0 amide bonds. The van der Waals surface area contributed by atoms with Crippen molar-refractivity contribution in [3.8, 4) is 0 Å². The second-order valence-corrected chi connectivity index (χ2v) is 7.48. The molecule has 0 bridgehead atoms. The molecule has 1 aromatic carbocycles. The number of hydrogen-bond donors (Lipinski definition) is 1. The predicted molar refractivity (Wildman–Crippen MR) is 109 cm³/mol. The Kier molecular flexibility index (Phi) is 5.56. The van der Waals surface area contributed by atoms with Gasteiger partial charge in [-0.3, -0.25) is 4.68 Å². The van der Waals surface area contributed by atoms with Crippen LogP contribution in [0.15, 0.2) is 12.1 Å². The monoisotopic (exact) mass is 356 g/mol. The quantitative estimate of drug-likeness (QED) is 0.839. The minimum atomic E-state index is 0.303. The highest BCUT2D eigenvalue weighted by molar-refractivity contribution is 5.74. The number of nitrogens with zero attached hydrogens (tertiary/aromatic N) is 3. The van der Waals surface area contributed by atoms with Crippen molar-refractivity contribution in [1.82, 2.24) is 9.78 Å². The standard InChI is InChI=1S/C21H32N4O/c1-7-17(13-26-6)22-20-18-9-8-10-25(21(18)23-24(20)5)19-15(3)11-14(2)12-16(19)4/h11-12,17,22H,7-10,13H2,1-6H3. The van der Waals surface area contributed by atoms with Crippen LogP contribution in [0.4, 0.5) is 17.3 Å². The van der Waals surface area contributed by atoms with Crippen LogP contribution < -0.4 is 10.2 Å². The van der Waals surface area contributed by atoms with Gasteiger partial charge in [0.25, 0.3) is 0 Å². The average Bonchev–Trinajstić information content (AvgIpc) is 2.90. The van der Waals surface area contributed by atoms with Gasteiger partial charge in [0.05, 0.1) is 12.6 Å². The van der Waals surface area contributed by atoms with Crippen molar-refractivity contribution < 1.29 is 4.74 Å². The van der Waals surface area contributed by atoms with E-state index in [1.807, 2.05) is 11.7 Å². The molecule has 5 nitrogen and oxygen atoms in total. The number of anilines is 3.